The van der Waals surface area contributed by atoms with E-state index in [9.17, 15) is 0 Å². The highest BCUT2D eigenvalue weighted by Gasteiger charge is 2.22. The molecular weight excluding hydrogens is 268 g/mol. The molecule has 0 saturated carbocycles. The lowest BCUT2D eigenvalue weighted by atomic mass is 10.2. The Morgan fingerprint density at radius 2 is 1.95 bits per heavy atom. The summed E-state index contributed by atoms with van der Waals surface area (Å²) < 4.78 is 7.22. The highest BCUT2D eigenvalue weighted by Crippen LogP contribution is 2.26. The first-order valence-corrected chi connectivity index (χ1v) is 6.81. The lowest BCUT2D eigenvalue weighted by Crippen LogP contribution is -2.24. The Hall–Kier alpha value is -1.99. The second-order valence-corrected chi connectivity index (χ2v) is 5.22. The first-order valence-electron chi connectivity index (χ1n) is 6.81. The summed E-state index contributed by atoms with van der Waals surface area (Å²) in [5, 5.41) is 4.35. The zero-order valence-corrected chi connectivity index (χ0v) is 12.9. The van der Waals surface area contributed by atoms with Crippen LogP contribution in [0.4, 0.5) is 0 Å². The van der Waals surface area contributed by atoms with Gasteiger partial charge in [-0.2, -0.15) is 5.10 Å². The van der Waals surface area contributed by atoms with E-state index in [0.29, 0.717) is 11.6 Å². The number of likely N-dealkylation sites (N-methyl/N-ethyl adjacent to an activating group) is 1. The van der Waals surface area contributed by atoms with E-state index in [1.54, 1.807) is 25.7 Å². The first kappa shape index (κ1) is 15.4. The monoisotopic (exact) mass is 290 g/mol. The van der Waals surface area contributed by atoms with Crippen LogP contribution in [0.5, 0.6) is 5.75 Å². The number of nitrogens with zero attached hydrogens (tertiary/aromatic N) is 5. The smallest absolute Gasteiger partial charge is 0.162 e. The minimum atomic E-state index is -0.467. The molecule has 1 unspecified atom stereocenters. The van der Waals surface area contributed by atoms with Crippen LogP contribution in [0.1, 0.15) is 23.1 Å². The molecule has 0 amide bonds. The minimum absolute atomic E-state index is 0.467. The molecule has 0 aliphatic rings. The Morgan fingerprint density at radius 1 is 1.29 bits per heavy atom. The van der Waals surface area contributed by atoms with Gasteiger partial charge in [-0.05, 0) is 26.6 Å². The molecular formula is C14H22N6O. The standard InChI is InChI=1S/C14H22N6O/c1-10-7-16-14(17-8-10)12(15)13-11(21-4)9-18-20(13)6-5-19(2)3/h7-9,12H,5-6,15H2,1-4H3. The molecule has 2 aromatic rings. The number of methoxy groups -OCH3 is 1. The van der Waals surface area contributed by atoms with Gasteiger partial charge in [0.2, 0.25) is 0 Å². The van der Waals surface area contributed by atoms with Crippen molar-refractivity contribution in [1.82, 2.24) is 24.6 Å². The second kappa shape index (κ2) is 6.64. The van der Waals surface area contributed by atoms with Gasteiger partial charge in [0.05, 0.1) is 19.9 Å². The van der Waals surface area contributed by atoms with Crippen LogP contribution in [0, 0.1) is 6.92 Å². The van der Waals surface area contributed by atoms with Crippen molar-refractivity contribution in [2.45, 2.75) is 19.5 Å². The van der Waals surface area contributed by atoms with E-state index in [2.05, 4.69) is 20.0 Å². The lowest BCUT2D eigenvalue weighted by Gasteiger charge is -2.16. The summed E-state index contributed by atoms with van der Waals surface area (Å²) in [6.45, 7) is 3.53. The van der Waals surface area contributed by atoms with Crippen LogP contribution in [0.2, 0.25) is 0 Å². The van der Waals surface area contributed by atoms with Gasteiger partial charge in [0.15, 0.2) is 11.6 Å². The predicted octanol–water partition coefficient (Wildman–Crippen LogP) is 0.600. The normalized spacial score (nSPS) is 12.7. The van der Waals surface area contributed by atoms with Gasteiger partial charge in [-0.25, -0.2) is 9.97 Å². The van der Waals surface area contributed by atoms with E-state index in [-0.39, 0.29) is 0 Å². The van der Waals surface area contributed by atoms with E-state index in [0.717, 1.165) is 24.3 Å². The molecule has 1 atom stereocenters. The third-order valence-corrected chi connectivity index (χ3v) is 3.20. The fourth-order valence-electron chi connectivity index (χ4n) is 2.01. The molecule has 0 radical (unpaired) electrons. The number of rotatable bonds is 6. The van der Waals surface area contributed by atoms with E-state index in [4.69, 9.17) is 10.5 Å². The number of aromatic nitrogens is 4. The lowest BCUT2D eigenvalue weighted by molar-refractivity contribution is 0.363. The van der Waals surface area contributed by atoms with E-state index in [1.807, 2.05) is 25.7 Å². The van der Waals surface area contributed by atoms with Crippen LogP contribution in [-0.2, 0) is 6.54 Å². The molecule has 0 fully saturated rings. The molecule has 21 heavy (non-hydrogen) atoms. The Kier molecular flexibility index (Phi) is 4.87. The van der Waals surface area contributed by atoms with Gasteiger partial charge in [-0.1, -0.05) is 0 Å². The van der Waals surface area contributed by atoms with Crippen molar-refractivity contribution in [3.8, 4) is 5.75 Å². The summed E-state index contributed by atoms with van der Waals surface area (Å²) >= 11 is 0. The van der Waals surface area contributed by atoms with Crippen molar-refractivity contribution in [1.29, 1.82) is 0 Å². The molecule has 2 rings (SSSR count). The predicted molar refractivity (Wildman–Crippen MR) is 80.1 cm³/mol. The number of ether oxygens (including phenoxy) is 1. The maximum Gasteiger partial charge on any atom is 0.162 e. The third kappa shape index (κ3) is 3.56. The molecule has 0 aliphatic heterocycles. The van der Waals surface area contributed by atoms with Gasteiger partial charge in [0.1, 0.15) is 11.7 Å². The Morgan fingerprint density at radius 3 is 2.52 bits per heavy atom. The maximum absolute atomic E-state index is 6.31. The second-order valence-electron chi connectivity index (χ2n) is 5.22. The molecule has 2 N–H and O–H groups in total. The van der Waals surface area contributed by atoms with Crippen LogP contribution in [-0.4, -0.2) is 52.4 Å². The molecule has 2 heterocycles. The quantitative estimate of drug-likeness (QED) is 0.839. The van der Waals surface area contributed by atoms with Crippen molar-refractivity contribution in [2.24, 2.45) is 5.73 Å². The summed E-state index contributed by atoms with van der Waals surface area (Å²) in [7, 11) is 5.65. The van der Waals surface area contributed by atoms with Crippen LogP contribution >= 0.6 is 0 Å². The molecule has 0 aromatic carbocycles. The van der Waals surface area contributed by atoms with Crippen molar-refractivity contribution < 1.29 is 4.74 Å². The van der Waals surface area contributed by atoms with Crippen LogP contribution in [0.3, 0.4) is 0 Å². The molecule has 2 aromatic heterocycles. The molecule has 7 heteroatoms. The van der Waals surface area contributed by atoms with Crippen LogP contribution in [0.15, 0.2) is 18.6 Å². The highest BCUT2D eigenvalue weighted by molar-refractivity contribution is 5.32. The first-order chi connectivity index (χ1) is 10.0. The number of aryl methyl sites for hydroxylation is 1. The third-order valence-electron chi connectivity index (χ3n) is 3.20. The van der Waals surface area contributed by atoms with E-state index >= 15 is 0 Å². The van der Waals surface area contributed by atoms with Gasteiger partial charge >= 0.3 is 0 Å². The Labute approximate surface area is 124 Å². The van der Waals surface area contributed by atoms with Crippen LogP contribution < -0.4 is 10.5 Å². The zero-order chi connectivity index (χ0) is 15.4. The van der Waals surface area contributed by atoms with Gasteiger partial charge in [-0.3, -0.25) is 4.68 Å². The average molecular weight is 290 g/mol. The van der Waals surface area contributed by atoms with Crippen molar-refractivity contribution >= 4 is 0 Å². The van der Waals surface area contributed by atoms with Crippen molar-refractivity contribution in [2.75, 3.05) is 27.7 Å². The summed E-state index contributed by atoms with van der Waals surface area (Å²) in [6, 6.07) is -0.467. The maximum atomic E-state index is 6.31. The van der Waals surface area contributed by atoms with Gasteiger partial charge in [-0.15, -0.1) is 0 Å². The van der Waals surface area contributed by atoms with Gasteiger partial charge in [0, 0.05) is 18.9 Å². The highest BCUT2D eigenvalue weighted by atomic mass is 16.5. The number of hydrogen-bond acceptors (Lipinski definition) is 6. The Balaban J connectivity index is 2.31. The van der Waals surface area contributed by atoms with E-state index < -0.39 is 6.04 Å². The molecule has 7 nitrogen and oxygen atoms in total. The molecule has 0 spiro atoms. The summed E-state index contributed by atoms with van der Waals surface area (Å²) in [5.41, 5.74) is 8.11. The van der Waals surface area contributed by atoms with Crippen molar-refractivity contribution in [3.63, 3.8) is 0 Å². The number of nitrogens with two attached hydrogens (primary N) is 1. The molecule has 114 valence electrons. The fourth-order valence-corrected chi connectivity index (χ4v) is 2.01. The average Bonchev–Trinajstić information content (AvgIpc) is 2.88. The number of hydrogen-bond donors (Lipinski definition) is 1. The summed E-state index contributed by atoms with van der Waals surface area (Å²) in [5.74, 6) is 1.22. The molecule has 0 aliphatic carbocycles. The largest absolute Gasteiger partial charge is 0.493 e. The van der Waals surface area contributed by atoms with Crippen LogP contribution in [0.25, 0.3) is 0 Å². The SMILES string of the molecule is COc1cnn(CCN(C)C)c1C(N)c1ncc(C)cn1. The Bertz CT molecular complexity index is 578. The van der Waals surface area contributed by atoms with E-state index in [1.165, 1.54) is 0 Å². The molecule has 0 saturated heterocycles. The zero-order valence-electron chi connectivity index (χ0n) is 12.9. The summed E-state index contributed by atoms with van der Waals surface area (Å²) in [4.78, 5) is 10.7. The summed E-state index contributed by atoms with van der Waals surface area (Å²) in [6.07, 6.45) is 5.20. The van der Waals surface area contributed by atoms with Gasteiger partial charge in [0.25, 0.3) is 0 Å². The minimum Gasteiger partial charge on any atom is -0.493 e. The molecule has 0 bridgehead atoms. The topological polar surface area (TPSA) is 82.1 Å². The van der Waals surface area contributed by atoms with Gasteiger partial charge < -0.3 is 15.4 Å². The van der Waals surface area contributed by atoms with Crippen molar-refractivity contribution in [3.05, 3.63) is 35.7 Å². The fraction of sp³-hybridized carbons (Fsp3) is 0.500.